The Morgan fingerprint density at radius 2 is 1.87 bits per heavy atom. The predicted octanol–water partition coefficient (Wildman–Crippen LogP) is -0.0188. The van der Waals surface area contributed by atoms with E-state index >= 15 is 0 Å². The highest BCUT2D eigenvalue weighted by Gasteiger charge is 2.37. The Labute approximate surface area is 139 Å². The summed E-state index contributed by atoms with van der Waals surface area (Å²) >= 11 is 0. The maximum Gasteiger partial charge on any atom is 0.241 e. The van der Waals surface area contributed by atoms with Crippen LogP contribution in [0.25, 0.3) is 0 Å². The quantitative estimate of drug-likeness (QED) is 0.699. The second-order valence-corrected chi connectivity index (χ2v) is 8.33. The number of ether oxygens (including phenoxy) is 1. The number of methoxy groups -OCH3 is 1. The fourth-order valence-corrected chi connectivity index (χ4v) is 4.51. The summed E-state index contributed by atoms with van der Waals surface area (Å²) in [4.78, 5) is 17.0. The predicted molar refractivity (Wildman–Crippen MR) is 88.7 cm³/mol. The van der Waals surface area contributed by atoms with Crippen molar-refractivity contribution < 1.29 is 17.9 Å². The van der Waals surface area contributed by atoms with Crippen LogP contribution in [0.5, 0.6) is 0 Å². The zero-order valence-corrected chi connectivity index (χ0v) is 15.1. The maximum atomic E-state index is 12.9. The second kappa shape index (κ2) is 8.41. The van der Waals surface area contributed by atoms with E-state index in [4.69, 9.17) is 4.74 Å². The van der Waals surface area contributed by atoms with Gasteiger partial charge in [-0.2, -0.15) is 4.31 Å². The lowest BCUT2D eigenvalue weighted by Crippen LogP contribution is -2.53. The molecule has 1 unspecified atom stereocenters. The van der Waals surface area contributed by atoms with Crippen molar-refractivity contribution in [1.29, 1.82) is 0 Å². The molecule has 2 aliphatic heterocycles. The van der Waals surface area contributed by atoms with Gasteiger partial charge in [-0.3, -0.25) is 9.69 Å². The third kappa shape index (κ3) is 5.14. The first-order valence-electron chi connectivity index (χ1n) is 8.40. The van der Waals surface area contributed by atoms with E-state index in [1.807, 2.05) is 4.90 Å². The van der Waals surface area contributed by atoms with E-state index in [1.54, 1.807) is 7.11 Å². The number of hydrogen-bond donors (Lipinski definition) is 0. The highest BCUT2D eigenvalue weighted by Crippen LogP contribution is 2.22. The topological polar surface area (TPSA) is 70.2 Å². The van der Waals surface area contributed by atoms with Crippen molar-refractivity contribution in [3.63, 3.8) is 0 Å². The molecule has 23 heavy (non-hydrogen) atoms. The van der Waals surface area contributed by atoms with Gasteiger partial charge in [-0.15, -0.1) is 0 Å². The molecule has 0 radical (unpaired) electrons. The van der Waals surface area contributed by atoms with Gasteiger partial charge >= 0.3 is 0 Å². The molecule has 2 rings (SSSR count). The minimum absolute atomic E-state index is 0.0243. The van der Waals surface area contributed by atoms with Gasteiger partial charge in [0.1, 0.15) is 6.04 Å². The standard InChI is InChI=1S/C15H29N3O4S/c1-22-13-12-16-7-5-8-17(11-10-16)15(19)14-6-3-4-9-18(14)23(2,20)21/h14H,3-13H2,1-2H3. The number of carbonyl (C=O) groups excluding carboxylic acids is 1. The highest BCUT2D eigenvalue weighted by molar-refractivity contribution is 7.88. The van der Waals surface area contributed by atoms with Crippen LogP contribution in [0.15, 0.2) is 0 Å². The fraction of sp³-hybridized carbons (Fsp3) is 0.933. The van der Waals surface area contributed by atoms with E-state index < -0.39 is 16.1 Å². The van der Waals surface area contributed by atoms with Crippen LogP contribution < -0.4 is 0 Å². The van der Waals surface area contributed by atoms with E-state index in [0.29, 0.717) is 32.7 Å². The largest absolute Gasteiger partial charge is 0.383 e. The zero-order valence-electron chi connectivity index (χ0n) is 14.2. The summed E-state index contributed by atoms with van der Waals surface area (Å²) in [5.41, 5.74) is 0. The van der Waals surface area contributed by atoms with Crippen molar-refractivity contribution in [2.24, 2.45) is 0 Å². The van der Waals surface area contributed by atoms with E-state index in [-0.39, 0.29) is 5.91 Å². The molecule has 0 aromatic heterocycles. The van der Waals surface area contributed by atoms with Crippen LogP contribution in [-0.4, -0.2) is 93.7 Å². The molecule has 0 saturated carbocycles. The Kier molecular flexibility index (Phi) is 6.82. The first-order chi connectivity index (χ1) is 10.9. The molecule has 1 atom stereocenters. The normalized spacial score (nSPS) is 25.3. The Balaban J connectivity index is 1.98. The van der Waals surface area contributed by atoms with Crippen molar-refractivity contribution in [3.8, 4) is 0 Å². The molecule has 0 aliphatic carbocycles. The molecule has 2 heterocycles. The van der Waals surface area contributed by atoms with Gasteiger partial charge in [0, 0.05) is 39.8 Å². The Bertz CT molecular complexity index is 497. The number of hydrogen-bond acceptors (Lipinski definition) is 5. The van der Waals surface area contributed by atoms with Crippen LogP contribution in [0.3, 0.4) is 0 Å². The van der Waals surface area contributed by atoms with Crippen molar-refractivity contribution in [3.05, 3.63) is 0 Å². The van der Waals surface area contributed by atoms with E-state index in [9.17, 15) is 13.2 Å². The number of piperidine rings is 1. The lowest BCUT2D eigenvalue weighted by Gasteiger charge is -2.35. The van der Waals surface area contributed by atoms with Gasteiger partial charge in [-0.1, -0.05) is 6.42 Å². The third-order valence-electron chi connectivity index (χ3n) is 4.68. The lowest BCUT2D eigenvalue weighted by molar-refractivity contribution is -0.136. The SMILES string of the molecule is COCCN1CCCN(C(=O)C2CCCCN2S(C)(=O)=O)CC1. The molecule has 0 aromatic rings. The Morgan fingerprint density at radius 1 is 1.09 bits per heavy atom. The van der Waals surface area contributed by atoms with Gasteiger partial charge in [-0.25, -0.2) is 8.42 Å². The van der Waals surface area contributed by atoms with Gasteiger partial charge in [0.15, 0.2) is 0 Å². The summed E-state index contributed by atoms with van der Waals surface area (Å²) in [6.07, 6.45) is 4.50. The number of sulfonamides is 1. The number of amides is 1. The third-order valence-corrected chi connectivity index (χ3v) is 5.97. The number of nitrogens with zero attached hydrogens (tertiary/aromatic N) is 3. The van der Waals surface area contributed by atoms with Crippen molar-refractivity contribution in [1.82, 2.24) is 14.1 Å². The molecule has 2 saturated heterocycles. The molecular formula is C15H29N3O4S. The molecule has 2 aliphatic rings. The van der Waals surface area contributed by atoms with Crippen LogP contribution in [0.4, 0.5) is 0 Å². The summed E-state index contributed by atoms with van der Waals surface area (Å²) < 4.78 is 30.4. The minimum atomic E-state index is -3.33. The molecule has 1 amide bonds. The van der Waals surface area contributed by atoms with Gasteiger partial charge in [0.2, 0.25) is 15.9 Å². The Morgan fingerprint density at radius 3 is 2.57 bits per heavy atom. The molecule has 0 spiro atoms. The van der Waals surface area contributed by atoms with Gasteiger partial charge in [-0.05, 0) is 25.8 Å². The number of carbonyl (C=O) groups is 1. The molecule has 0 bridgehead atoms. The van der Waals surface area contributed by atoms with Crippen molar-refractivity contribution in [2.45, 2.75) is 31.7 Å². The first kappa shape index (κ1) is 18.6. The minimum Gasteiger partial charge on any atom is -0.383 e. The van der Waals surface area contributed by atoms with Gasteiger partial charge < -0.3 is 9.64 Å². The first-order valence-corrected chi connectivity index (χ1v) is 10.2. The average molecular weight is 347 g/mol. The van der Waals surface area contributed by atoms with Crippen LogP contribution in [-0.2, 0) is 19.6 Å². The molecule has 0 aromatic carbocycles. The highest BCUT2D eigenvalue weighted by atomic mass is 32.2. The summed E-state index contributed by atoms with van der Waals surface area (Å²) in [6.45, 7) is 5.17. The van der Waals surface area contributed by atoms with Crippen LogP contribution >= 0.6 is 0 Å². The zero-order chi connectivity index (χ0) is 16.9. The van der Waals surface area contributed by atoms with Gasteiger partial charge in [0.05, 0.1) is 12.9 Å². The van der Waals surface area contributed by atoms with Crippen molar-refractivity contribution >= 4 is 15.9 Å². The molecule has 2 fully saturated rings. The monoisotopic (exact) mass is 347 g/mol. The Hall–Kier alpha value is -0.700. The summed E-state index contributed by atoms with van der Waals surface area (Å²) in [5.74, 6) is -0.0243. The molecular weight excluding hydrogens is 318 g/mol. The van der Waals surface area contributed by atoms with Crippen LogP contribution in [0.1, 0.15) is 25.7 Å². The molecule has 8 heteroatoms. The molecule has 7 nitrogen and oxygen atoms in total. The van der Waals surface area contributed by atoms with E-state index in [1.165, 1.54) is 10.6 Å². The second-order valence-electron chi connectivity index (χ2n) is 6.40. The molecule has 134 valence electrons. The van der Waals surface area contributed by atoms with E-state index in [2.05, 4.69) is 4.90 Å². The maximum absolute atomic E-state index is 12.9. The van der Waals surface area contributed by atoms with Crippen LogP contribution in [0, 0.1) is 0 Å². The fourth-order valence-electron chi connectivity index (χ4n) is 3.39. The van der Waals surface area contributed by atoms with Gasteiger partial charge in [0.25, 0.3) is 0 Å². The summed E-state index contributed by atoms with van der Waals surface area (Å²) in [7, 11) is -1.64. The lowest BCUT2D eigenvalue weighted by atomic mass is 10.0. The van der Waals surface area contributed by atoms with E-state index in [0.717, 1.165) is 38.9 Å². The van der Waals surface area contributed by atoms with Crippen LogP contribution in [0.2, 0.25) is 0 Å². The number of rotatable bonds is 5. The summed E-state index contributed by atoms with van der Waals surface area (Å²) in [5, 5.41) is 0. The smallest absolute Gasteiger partial charge is 0.241 e. The molecule has 0 N–H and O–H groups in total. The summed E-state index contributed by atoms with van der Waals surface area (Å²) in [6, 6.07) is -0.510. The average Bonchev–Trinajstić information content (AvgIpc) is 2.77. The van der Waals surface area contributed by atoms with Crippen molar-refractivity contribution in [2.75, 3.05) is 59.2 Å².